The number of rotatable bonds is 8. The van der Waals surface area contributed by atoms with Crippen LogP contribution in [-0.4, -0.2) is 32.3 Å². The van der Waals surface area contributed by atoms with Crippen LogP contribution in [0.4, 0.5) is 0 Å². The van der Waals surface area contributed by atoms with Crippen molar-refractivity contribution in [1.82, 2.24) is 19.8 Å². The van der Waals surface area contributed by atoms with Crippen molar-refractivity contribution in [2.24, 2.45) is 0 Å². The van der Waals surface area contributed by atoms with E-state index in [1.165, 1.54) is 11.3 Å². The van der Waals surface area contributed by atoms with Gasteiger partial charge in [0.2, 0.25) is 5.91 Å². The maximum Gasteiger partial charge on any atom is 0.261 e. The summed E-state index contributed by atoms with van der Waals surface area (Å²) in [4.78, 5) is 33.0. The SMILES string of the molecule is CC(C)N(Cc1ccccc1)C(=O)Cn1c(CNC(=O)c2cccs2)nc2ccccc21. The molecule has 0 saturated carbocycles. The van der Waals surface area contributed by atoms with E-state index in [2.05, 4.69) is 10.3 Å². The first-order valence-electron chi connectivity index (χ1n) is 10.6. The number of amides is 2. The minimum atomic E-state index is -0.141. The van der Waals surface area contributed by atoms with Crippen LogP contribution in [0, 0.1) is 0 Å². The van der Waals surface area contributed by atoms with Crippen LogP contribution in [0.5, 0.6) is 0 Å². The molecule has 0 aliphatic rings. The van der Waals surface area contributed by atoms with Crippen molar-refractivity contribution in [3.63, 3.8) is 0 Å². The Balaban J connectivity index is 1.57. The van der Waals surface area contributed by atoms with Crippen molar-refractivity contribution in [2.45, 2.75) is 39.5 Å². The number of hydrogen-bond donors (Lipinski definition) is 1. The second kappa shape index (κ2) is 9.78. The maximum atomic E-state index is 13.4. The van der Waals surface area contributed by atoms with Gasteiger partial charge in [0.25, 0.3) is 5.91 Å². The van der Waals surface area contributed by atoms with E-state index in [9.17, 15) is 9.59 Å². The summed E-state index contributed by atoms with van der Waals surface area (Å²) in [5.74, 6) is 0.531. The molecule has 0 unspecified atom stereocenters. The summed E-state index contributed by atoms with van der Waals surface area (Å²) >= 11 is 1.39. The van der Waals surface area contributed by atoms with Crippen LogP contribution in [0.1, 0.15) is 34.9 Å². The number of thiophene rings is 1. The molecule has 0 spiro atoms. The second-order valence-electron chi connectivity index (χ2n) is 7.86. The molecule has 4 aromatic rings. The number of hydrogen-bond acceptors (Lipinski definition) is 4. The van der Waals surface area contributed by atoms with E-state index in [-0.39, 0.29) is 30.9 Å². The molecule has 1 N–H and O–H groups in total. The van der Waals surface area contributed by atoms with Crippen molar-refractivity contribution >= 4 is 34.2 Å². The topological polar surface area (TPSA) is 67.2 Å². The lowest BCUT2D eigenvalue weighted by Crippen LogP contribution is -2.39. The summed E-state index contributed by atoms with van der Waals surface area (Å²) in [5, 5.41) is 4.80. The van der Waals surface area contributed by atoms with Crippen LogP contribution < -0.4 is 5.32 Å². The Kier molecular flexibility index (Phi) is 6.66. The Morgan fingerprint density at radius 3 is 2.50 bits per heavy atom. The normalized spacial score (nSPS) is 11.1. The van der Waals surface area contributed by atoms with E-state index in [4.69, 9.17) is 0 Å². The third-order valence-corrected chi connectivity index (χ3v) is 6.19. The highest BCUT2D eigenvalue weighted by atomic mass is 32.1. The van der Waals surface area contributed by atoms with E-state index < -0.39 is 0 Å². The molecule has 0 aliphatic carbocycles. The molecule has 2 aromatic heterocycles. The second-order valence-corrected chi connectivity index (χ2v) is 8.81. The molecule has 6 nitrogen and oxygen atoms in total. The number of nitrogens with one attached hydrogen (secondary N) is 1. The fourth-order valence-corrected chi connectivity index (χ4v) is 4.30. The van der Waals surface area contributed by atoms with Gasteiger partial charge in [-0.3, -0.25) is 9.59 Å². The Hall–Kier alpha value is -3.45. The number of imidazole rings is 1. The Bertz CT molecular complexity index is 1200. The molecule has 0 saturated heterocycles. The van der Waals surface area contributed by atoms with Crippen LogP contribution in [0.25, 0.3) is 11.0 Å². The molecule has 4 rings (SSSR count). The predicted molar refractivity (Wildman–Crippen MR) is 127 cm³/mol. The molecule has 2 amide bonds. The van der Waals surface area contributed by atoms with E-state index >= 15 is 0 Å². The Morgan fingerprint density at radius 2 is 1.78 bits per heavy atom. The molecule has 164 valence electrons. The fraction of sp³-hybridized carbons (Fsp3) is 0.240. The van der Waals surface area contributed by atoms with Crippen LogP contribution in [0.3, 0.4) is 0 Å². The third-order valence-electron chi connectivity index (χ3n) is 5.32. The van der Waals surface area contributed by atoms with Crippen LogP contribution in [0.15, 0.2) is 72.1 Å². The van der Waals surface area contributed by atoms with Crippen molar-refractivity contribution in [1.29, 1.82) is 0 Å². The maximum absolute atomic E-state index is 13.4. The van der Waals surface area contributed by atoms with Crippen molar-refractivity contribution in [3.8, 4) is 0 Å². The molecule has 32 heavy (non-hydrogen) atoms. The molecule has 7 heteroatoms. The lowest BCUT2D eigenvalue weighted by atomic mass is 10.2. The van der Waals surface area contributed by atoms with Crippen LogP contribution in [-0.2, 0) is 24.4 Å². The first-order chi connectivity index (χ1) is 15.5. The van der Waals surface area contributed by atoms with Gasteiger partial charge in [0.05, 0.1) is 22.5 Å². The molecule has 2 aromatic carbocycles. The minimum Gasteiger partial charge on any atom is -0.344 e. The Morgan fingerprint density at radius 1 is 1.03 bits per heavy atom. The van der Waals surface area contributed by atoms with Gasteiger partial charge >= 0.3 is 0 Å². The molecule has 0 fully saturated rings. The quantitative estimate of drug-likeness (QED) is 0.434. The number of para-hydroxylation sites is 2. The number of aromatic nitrogens is 2. The predicted octanol–water partition coefficient (Wildman–Crippen LogP) is 4.47. The number of carbonyl (C=O) groups excluding carboxylic acids is 2. The molecular weight excluding hydrogens is 420 g/mol. The van der Waals surface area contributed by atoms with E-state index in [0.29, 0.717) is 17.2 Å². The number of nitrogens with zero attached hydrogens (tertiary/aromatic N) is 3. The zero-order chi connectivity index (χ0) is 22.5. The third kappa shape index (κ3) is 4.89. The number of carbonyl (C=O) groups is 2. The summed E-state index contributed by atoms with van der Waals surface area (Å²) in [7, 11) is 0. The highest BCUT2D eigenvalue weighted by molar-refractivity contribution is 7.12. The van der Waals surface area contributed by atoms with Crippen LogP contribution >= 0.6 is 11.3 Å². The molecule has 2 heterocycles. The van der Waals surface area contributed by atoms with Gasteiger partial charge in [-0.15, -0.1) is 11.3 Å². The summed E-state index contributed by atoms with van der Waals surface area (Å²) in [6, 6.07) is 21.4. The minimum absolute atomic E-state index is 0.0119. The first kappa shape index (κ1) is 21.8. The van der Waals surface area contributed by atoms with Gasteiger partial charge in [-0.25, -0.2) is 4.98 Å². The van der Waals surface area contributed by atoms with Gasteiger partial charge in [0.15, 0.2) is 0 Å². The highest BCUT2D eigenvalue weighted by Crippen LogP contribution is 2.18. The molecule has 0 atom stereocenters. The van der Waals surface area contributed by atoms with E-state index in [1.54, 1.807) is 6.07 Å². The number of benzene rings is 2. The summed E-state index contributed by atoms with van der Waals surface area (Å²) in [5.41, 5.74) is 2.78. The lowest BCUT2D eigenvalue weighted by molar-refractivity contribution is -0.134. The highest BCUT2D eigenvalue weighted by Gasteiger charge is 2.21. The monoisotopic (exact) mass is 446 g/mol. The van der Waals surface area contributed by atoms with Gasteiger partial charge < -0.3 is 14.8 Å². The van der Waals surface area contributed by atoms with Gasteiger partial charge in [0.1, 0.15) is 12.4 Å². The average Bonchev–Trinajstić information content (AvgIpc) is 3.45. The Labute approximate surface area is 191 Å². The van der Waals surface area contributed by atoms with Crippen LogP contribution in [0.2, 0.25) is 0 Å². The zero-order valence-electron chi connectivity index (χ0n) is 18.2. The lowest BCUT2D eigenvalue weighted by Gasteiger charge is -2.27. The van der Waals surface area contributed by atoms with Crippen molar-refractivity contribution < 1.29 is 9.59 Å². The van der Waals surface area contributed by atoms with E-state index in [0.717, 1.165) is 16.6 Å². The largest absolute Gasteiger partial charge is 0.344 e. The van der Waals surface area contributed by atoms with E-state index in [1.807, 2.05) is 89.4 Å². The molecule has 0 aliphatic heterocycles. The summed E-state index contributed by atoms with van der Waals surface area (Å²) < 4.78 is 1.91. The van der Waals surface area contributed by atoms with Gasteiger partial charge in [-0.2, -0.15) is 0 Å². The smallest absolute Gasteiger partial charge is 0.261 e. The summed E-state index contributed by atoms with van der Waals surface area (Å²) in [6.45, 7) is 5.01. The standard InChI is InChI=1S/C25H26N4O2S/c1-18(2)28(16-19-9-4-3-5-10-19)24(30)17-29-21-12-7-6-11-20(21)27-23(29)15-26-25(31)22-13-8-14-32-22/h3-14,18H,15-17H2,1-2H3,(H,26,31). The van der Waals surface area contributed by atoms with Crippen molar-refractivity contribution in [2.75, 3.05) is 0 Å². The van der Waals surface area contributed by atoms with Crippen molar-refractivity contribution in [3.05, 3.63) is 88.4 Å². The molecular formula is C25H26N4O2S. The zero-order valence-corrected chi connectivity index (χ0v) is 19.0. The van der Waals surface area contributed by atoms with Gasteiger partial charge in [-0.05, 0) is 43.0 Å². The first-order valence-corrected chi connectivity index (χ1v) is 11.5. The fourth-order valence-electron chi connectivity index (χ4n) is 3.66. The average molecular weight is 447 g/mol. The molecule has 0 radical (unpaired) electrons. The molecule has 0 bridgehead atoms. The number of fused-ring (bicyclic) bond motifs is 1. The van der Waals surface area contributed by atoms with Gasteiger partial charge in [-0.1, -0.05) is 48.5 Å². The summed E-state index contributed by atoms with van der Waals surface area (Å²) in [6.07, 6.45) is 0. The van der Waals surface area contributed by atoms with Gasteiger partial charge in [0, 0.05) is 12.6 Å².